The Morgan fingerprint density at radius 1 is 1.38 bits per heavy atom. The Balaban J connectivity index is 1.79. The quantitative estimate of drug-likeness (QED) is 0.501. The van der Waals surface area contributed by atoms with Crippen molar-refractivity contribution in [1.82, 2.24) is 14.9 Å². The average Bonchev–Trinajstić information content (AvgIpc) is 3.29. The molecule has 1 atom stereocenters. The SMILES string of the molecule is COC(=O)CNC(=O)c1cc2nc(N3CCC[C@@H](N)C3)n(Cc3ccccc3C#N)c(=O)c2s1. The number of aromatic nitrogens is 2. The van der Waals surface area contributed by atoms with Gasteiger partial charge in [0.15, 0.2) is 0 Å². The molecule has 1 aromatic carbocycles. The first-order valence-corrected chi connectivity index (χ1v) is 11.6. The smallest absolute Gasteiger partial charge is 0.325 e. The third kappa shape index (κ3) is 4.78. The number of anilines is 1. The number of nitrogens with zero attached hydrogens (tertiary/aromatic N) is 4. The van der Waals surface area contributed by atoms with Gasteiger partial charge < -0.3 is 20.7 Å². The van der Waals surface area contributed by atoms with Crippen LogP contribution in [0.4, 0.5) is 5.95 Å². The molecular formula is C23H24N6O4S. The first-order chi connectivity index (χ1) is 16.4. The predicted octanol–water partition coefficient (Wildman–Crippen LogP) is 1.21. The number of carbonyl (C=O) groups is 2. The zero-order chi connectivity index (χ0) is 24.2. The van der Waals surface area contributed by atoms with Crippen LogP contribution in [0.3, 0.4) is 0 Å². The molecule has 2 aromatic heterocycles. The molecule has 0 radical (unpaired) electrons. The molecule has 176 valence electrons. The molecule has 0 unspecified atom stereocenters. The number of esters is 1. The molecule has 10 nitrogen and oxygen atoms in total. The van der Waals surface area contributed by atoms with Crippen LogP contribution in [0.15, 0.2) is 35.1 Å². The van der Waals surface area contributed by atoms with Gasteiger partial charge in [-0.05, 0) is 30.5 Å². The molecule has 3 aromatic rings. The minimum absolute atomic E-state index is 0.0386. The van der Waals surface area contributed by atoms with E-state index in [-0.39, 0.29) is 29.6 Å². The van der Waals surface area contributed by atoms with E-state index in [4.69, 9.17) is 10.7 Å². The number of methoxy groups -OCH3 is 1. The Morgan fingerprint density at radius 2 is 2.18 bits per heavy atom. The van der Waals surface area contributed by atoms with Crippen molar-refractivity contribution in [2.45, 2.75) is 25.4 Å². The normalized spacial score (nSPS) is 15.7. The molecule has 1 saturated heterocycles. The number of hydrogen-bond acceptors (Lipinski definition) is 9. The first kappa shape index (κ1) is 23.4. The van der Waals surface area contributed by atoms with Crippen molar-refractivity contribution in [3.8, 4) is 6.07 Å². The number of nitrogens with one attached hydrogen (secondary N) is 1. The van der Waals surface area contributed by atoms with Crippen molar-refractivity contribution < 1.29 is 14.3 Å². The number of hydrogen-bond donors (Lipinski definition) is 2. The van der Waals surface area contributed by atoms with E-state index in [0.717, 1.165) is 24.2 Å². The van der Waals surface area contributed by atoms with E-state index < -0.39 is 11.9 Å². The van der Waals surface area contributed by atoms with E-state index >= 15 is 0 Å². The molecule has 11 heteroatoms. The van der Waals surface area contributed by atoms with Crippen molar-refractivity contribution in [2.75, 3.05) is 31.6 Å². The topological polar surface area (TPSA) is 143 Å². The summed E-state index contributed by atoms with van der Waals surface area (Å²) in [6.45, 7) is 1.13. The highest BCUT2D eigenvalue weighted by Gasteiger charge is 2.25. The van der Waals surface area contributed by atoms with Crippen molar-refractivity contribution in [2.24, 2.45) is 5.73 Å². The summed E-state index contributed by atoms with van der Waals surface area (Å²) in [6.07, 6.45) is 1.76. The van der Waals surface area contributed by atoms with Crippen LogP contribution >= 0.6 is 11.3 Å². The summed E-state index contributed by atoms with van der Waals surface area (Å²) in [5.41, 5.74) is 7.46. The van der Waals surface area contributed by atoms with Gasteiger partial charge in [-0.3, -0.25) is 19.0 Å². The highest BCUT2D eigenvalue weighted by Crippen LogP contribution is 2.26. The van der Waals surface area contributed by atoms with Gasteiger partial charge >= 0.3 is 5.97 Å². The van der Waals surface area contributed by atoms with Crippen LogP contribution < -0.4 is 21.5 Å². The number of benzene rings is 1. The van der Waals surface area contributed by atoms with Crippen LogP contribution in [0.1, 0.15) is 33.6 Å². The Labute approximate surface area is 199 Å². The van der Waals surface area contributed by atoms with Crippen molar-refractivity contribution >= 4 is 39.4 Å². The highest BCUT2D eigenvalue weighted by atomic mass is 32.1. The molecular weight excluding hydrogens is 456 g/mol. The number of carbonyl (C=O) groups excluding carboxylic acids is 2. The lowest BCUT2D eigenvalue weighted by Crippen LogP contribution is -2.45. The monoisotopic (exact) mass is 480 g/mol. The largest absolute Gasteiger partial charge is 0.468 e. The third-order valence-corrected chi connectivity index (χ3v) is 6.78. The summed E-state index contributed by atoms with van der Waals surface area (Å²) in [5.74, 6) is -0.606. The van der Waals surface area contributed by atoms with E-state index in [1.165, 1.54) is 7.11 Å². The average molecular weight is 481 g/mol. The van der Waals surface area contributed by atoms with Crippen LogP contribution in [-0.2, 0) is 16.1 Å². The van der Waals surface area contributed by atoms with Crippen LogP contribution in [-0.4, -0.2) is 54.2 Å². The van der Waals surface area contributed by atoms with E-state index in [0.29, 0.717) is 40.4 Å². The molecule has 1 aliphatic heterocycles. The number of rotatable bonds is 6. The molecule has 0 aliphatic carbocycles. The maximum absolute atomic E-state index is 13.6. The number of nitrogens with two attached hydrogens (primary N) is 1. The van der Waals surface area contributed by atoms with Crippen LogP contribution in [0.2, 0.25) is 0 Å². The molecule has 4 rings (SSSR count). The van der Waals surface area contributed by atoms with Gasteiger partial charge in [0.2, 0.25) is 5.95 Å². The highest BCUT2D eigenvalue weighted by molar-refractivity contribution is 7.20. The molecule has 3 N–H and O–H groups in total. The van der Waals surface area contributed by atoms with Crippen LogP contribution in [0, 0.1) is 11.3 Å². The molecule has 1 aliphatic rings. The molecule has 1 amide bonds. The fourth-order valence-corrected chi connectivity index (χ4v) is 4.90. The molecule has 34 heavy (non-hydrogen) atoms. The van der Waals surface area contributed by atoms with E-state index in [1.807, 2.05) is 11.0 Å². The van der Waals surface area contributed by atoms with Crippen LogP contribution in [0.5, 0.6) is 0 Å². The fraction of sp³-hybridized carbons (Fsp3) is 0.348. The second-order valence-corrected chi connectivity index (χ2v) is 9.06. The van der Waals surface area contributed by atoms with Gasteiger partial charge in [-0.1, -0.05) is 18.2 Å². The van der Waals surface area contributed by atoms with E-state index in [2.05, 4.69) is 16.1 Å². The van der Waals surface area contributed by atoms with Gasteiger partial charge in [0.25, 0.3) is 11.5 Å². The lowest BCUT2D eigenvalue weighted by molar-refractivity contribution is -0.139. The Morgan fingerprint density at radius 3 is 2.91 bits per heavy atom. The zero-order valence-electron chi connectivity index (χ0n) is 18.6. The summed E-state index contributed by atoms with van der Waals surface area (Å²) in [7, 11) is 1.23. The van der Waals surface area contributed by atoms with Gasteiger partial charge in [-0.15, -0.1) is 11.3 Å². The Kier molecular flexibility index (Phi) is 6.90. The van der Waals surface area contributed by atoms with Gasteiger partial charge in [-0.25, -0.2) is 4.98 Å². The summed E-state index contributed by atoms with van der Waals surface area (Å²) in [6, 6.07) is 10.8. The predicted molar refractivity (Wildman–Crippen MR) is 128 cm³/mol. The van der Waals surface area contributed by atoms with Gasteiger partial charge in [-0.2, -0.15) is 5.26 Å². The molecule has 1 fully saturated rings. The van der Waals surface area contributed by atoms with Gasteiger partial charge in [0.1, 0.15) is 11.2 Å². The lowest BCUT2D eigenvalue weighted by Gasteiger charge is -2.33. The number of thiophene rings is 1. The van der Waals surface area contributed by atoms with Crippen molar-refractivity contribution in [3.05, 3.63) is 56.7 Å². The first-order valence-electron chi connectivity index (χ1n) is 10.8. The Hall–Kier alpha value is -3.75. The van der Waals surface area contributed by atoms with Gasteiger partial charge in [0.05, 0.1) is 35.7 Å². The zero-order valence-corrected chi connectivity index (χ0v) is 19.4. The van der Waals surface area contributed by atoms with Crippen molar-refractivity contribution in [3.63, 3.8) is 0 Å². The molecule has 0 saturated carbocycles. The van der Waals surface area contributed by atoms with Crippen molar-refractivity contribution in [1.29, 1.82) is 5.26 Å². The molecule has 0 bridgehead atoms. The minimum atomic E-state index is -0.574. The van der Waals surface area contributed by atoms with E-state index in [9.17, 15) is 19.6 Å². The summed E-state index contributed by atoms with van der Waals surface area (Å²) < 4.78 is 6.41. The van der Waals surface area contributed by atoms with Crippen LogP contribution in [0.25, 0.3) is 10.2 Å². The summed E-state index contributed by atoms with van der Waals surface area (Å²) >= 11 is 1.01. The van der Waals surface area contributed by atoms with Gasteiger partial charge in [0, 0.05) is 19.1 Å². The maximum Gasteiger partial charge on any atom is 0.325 e. The molecule has 3 heterocycles. The molecule has 0 spiro atoms. The third-order valence-electron chi connectivity index (χ3n) is 5.67. The number of fused-ring (bicyclic) bond motifs is 1. The Bertz CT molecular complexity index is 1340. The number of nitriles is 1. The maximum atomic E-state index is 13.6. The summed E-state index contributed by atoms with van der Waals surface area (Å²) in [4.78, 5) is 44.5. The standard InChI is InChI=1S/C23H24N6O4S/c1-33-19(30)11-26-21(31)18-9-17-20(34-18)22(32)29(12-15-6-3-2-5-14(15)10-24)23(27-17)28-8-4-7-16(25)13-28/h2-3,5-6,9,16H,4,7-8,11-13,25H2,1H3,(H,26,31)/t16-/m1/s1. The number of ether oxygens (including phenoxy) is 1. The van der Waals surface area contributed by atoms with E-state index in [1.54, 1.807) is 28.8 Å². The second kappa shape index (κ2) is 10.0. The minimum Gasteiger partial charge on any atom is -0.468 e. The lowest BCUT2D eigenvalue weighted by atomic mass is 10.1. The fourth-order valence-electron chi connectivity index (χ4n) is 3.94. The number of piperidine rings is 1. The summed E-state index contributed by atoms with van der Waals surface area (Å²) in [5, 5.41) is 12.0. The second-order valence-electron chi connectivity index (χ2n) is 8.00. The number of amides is 1.